The Morgan fingerprint density at radius 2 is 1.16 bits per heavy atom. The third kappa shape index (κ3) is 7.14. The summed E-state index contributed by atoms with van der Waals surface area (Å²) in [6, 6.07) is 11.2. The van der Waals surface area contributed by atoms with Gasteiger partial charge in [0.1, 0.15) is 48.1 Å². The third-order valence-corrected chi connectivity index (χ3v) is 10.7. The van der Waals surface area contributed by atoms with Crippen LogP contribution in [0.4, 0.5) is 34.1 Å². The van der Waals surface area contributed by atoms with Crippen molar-refractivity contribution in [1.82, 2.24) is 0 Å². The Labute approximate surface area is 287 Å². The Balaban J connectivity index is 1.82. The normalized spacial score (nSPS) is 13.1. The molecule has 0 heterocycles. The van der Waals surface area contributed by atoms with Crippen molar-refractivity contribution in [2.75, 3.05) is 18.6 Å². The maximum Gasteiger partial charge on any atom is 0.297 e. The van der Waals surface area contributed by atoms with Crippen LogP contribution in [-0.2, 0) is 40.5 Å². The maximum atomic E-state index is 12.4. The highest BCUT2D eigenvalue weighted by molar-refractivity contribution is 7.86. The summed E-state index contributed by atoms with van der Waals surface area (Å²) in [6.07, 6.45) is 0. The first-order chi connectivity index (χ1) is 23.5. The number of nitrogens with zero attached hydrogens (tertiary/aromatic N) is 4. The van der Waals surface area contributed by atoms with Gasteiger partial charge in [0.2, 0.25) is 0 Å². The van der Waals surface area contributed by atoms with Crippen molar-refractivity contribution in [2.45, 2.75) is 19.6 Å². The van der Waals surface area contributed by atoms with E-state index in [0.29, 0.717) is 17.5 Å². The molecular weight excluding hydrogens is 761 g/mol. The van der Waals surface area contributed by atoms with Gasteiger partial charge >= 0.3 is 0 Å². The van der Waals surface area contributed by atoms with Crippen LogP contribution >= 0.6 is 0 Å². The molecule has 0 spiro atoms. The number of anilines is 2. The minimum absolute atomic E-state index is 0.0121. The second-order valence-electron chi connectivity index (χ2n) is 10.3. The van der Waals surface area contributed by atoms with Crippen molar-refractivity contribution >= 4 is 96.1 Å². The van der Waals surface area contributed by atoms with Crippen LogP contribution in [0.1, 0.15) is 0 Å². The molecule has 0 amide bonds. The molecule has 0 saturated heterocycles. The molecule has 20 nitrogen and oxygen atoms in total. The molecule has 0 aromatic heterocycles. The number of hydrogen-bond donors (Lipinski definition) is 7. The third-order valence-electron chi connectivity index (χ3n) is 7.09. The van der Waals surface area contributed by atoms with E-state index < -0.39 is 105 Å². The molecule has 9 N–H and O–H groups in total. The number of phenolic OH excluding ortho intramolecular Hbond substituents is 1. The first-order valence-electron chi connectivity index (χ1n) is 13.4. The Bertz CT molecular complexity index is 2830. The summed E-state index contributed by atoms with van der Waals surface area (Å²) in [6.45, 7) is 0. The molecule has 5 aromatic carbocycles. The van der Waals surface area contributed by atoms with Crippen molar-refractivity contribution in [1.29, 1.82) is 0 Å². The average molecular weight is 783 g/mol. The highest BCUT2D eigenvalue weighted by atomic mass is 32.2. The lowest BCUT2D eigenvalue weighted by molar-refractivity contribution is 0.415. The van der Waals surface area contributed by atoms with Gasteiger partial charge in [0, 0.05) is 11.5 Å². The highest BCUT2D eigenvalue weighted by Crippen LogP contribution is 2.49. The predicted molar refractivity (Wildman–Crippen MR) is 179 cm³/mol. The van der Waals surface area contributed by atoms with E-state index in [2.05, 4.69) is 20.5 Å². The minimum atomic E-state index is -5.35. The topological polar surface area (TPSA) is 348 Å². The first-order valence-corrected chi connectivity index (χ1v) is 19.1. The molecule has 0 aliphatic heterocycles. The van der Waals surface area contributed by atoms with Crippen molar-refractivity contribution in [3.63, 3.8) is 0 Å². The van der Waals surface area contributed by atoms with Crippen LogP contribution in [0.25, 0.3) is 21.5 Å². The molecule has 5 rings (SSSR count). The largest absolute Gasteiger partial charge is 0.505 e. The molecular formula is C27H22N6O14S4. The lowest BCUT2D eigenvalue weighted by Crippen LogP contribution is -2.04. The summed E-state index contributed by atoms with van der Waals surface area (Å²) in [5.41, 5.74) is 7.65. The van der Waals surface area contributed by atoms with E-state index in [1.54, 1.807) is 6.07 Å². The number of benzene rings is 5. The lowest BCUT2D eigenvalue weighted by atomic mass is 10.1. The summed E-state index contributed by atoms with van der Waals surface area (Å²) in [5.74, 6) is -1.42. The monoisotopic (exact) mass is 782 g/mol. The van der Waals surface area contributed by atoms with Crippen molar-refractivity contribution < 1.29 is 61.7 Å². The molecule has 0 bridgehead atoms. The summed E-state index contributed by atoms with van der Waals surface area (Å²) >= 11 is 0. The van der Waals surface area contributed by atoms with Gasteiger partial charge < -0.3 is 21.3 Å². The number of hydrogen-bond acceptors (Lipinski definition) is 16. The molecule has 0 fully saturated rings. The van der Waals surface area contributed by atoms with E-state index in [1.165, 1.54) is 24.3 Å². The molecule has 5 aromatic rings. The lowest BCUT2D eigenvalue weighted by Gasteiger charge is -2.14. The fourth-order valence-electron chi connectivity index (χ4n) is 4.92. The first kappa shape index (κ1) is 36.9. The maximum absolute atomic E-state index is 12.4. The van der Waals surface area contributed by atoms with Crippen LogP contribution in [0.3, 0.4) is 0 Å². The van der Waals surface area contributed by atoms with Gasteiger partial charge in [0.15, 0.2) is 5.75 Å². The molecule has 268 valence electrons. The zero-order valence-corrected chi connectivity index (χ0v) is 28.5. The van der Waals surface area contributed by atoms with Crippen molar-refractivity contribution in [3.8, 4) is 11.5 Å². The number of fused-ring (bicyclic) bond motifs is 2. The van der Waals surface area contributed by atoms with Gasteiger partial charge in [-0.1, -0.05) is 30.3 Å². The van der Waals surface area contributed by atoms with Gasteiger partial charge in [-0.2, -0.15) is 33.7 Å². The molecule has 0 atom stereocenters. The van der Waals surface area contributed by atoms with Crippen LogP contribution in [0, 0.1) is 0 Å². The van der Waals surface area contributed by atoms with Gasteiger partial charge in [-0.15, -0.1) is 20.5 Å². The van der Waals surface area contributed by atoms with Gasteiger partial charge in [-0.25, -0.2) is 0 Å². The van der Waals surface area contributed by atoms with Crippen molar-refractivity contribution in [2.24, 2.45) is 20.5 Å². The number of methoxy groups -OCH3 is 1. The number of nitrogen functional groups attached to an aromatic ring is 2. The van der Waals surface area contributed by atoms with Gasteiger partial charge in [-0.3, -0.25) is 18.2 Å². The second-order valence-corrected chi connectivity index (χ2v) is 15.8. The van der Waals surface area contributed by atoms with Crippen molar-refractivity contribution in [3.05, 3.63) is 60.7 Å². The average Bonchev–Trinajstić information content (AvgIpc) is 3.01. The Morgan fingerprint density at radius 3 is 1.73 bits per heavy atom. The molecule has 51 heavy (non-hydrogen) atoms. The van der Waals surface area contributed by atoms with Gasteiger partial charge in [0.25, 0.3) is 40.5 Å². The molecule has 0 saturated carbocycles. The second kappa shape index (κ2) is 12.8. The minimum Gasteiger partial charge on any atom is -0.505 e. The Hall–Kier alpha value is -5.34. The predicted octanol–water partition coefficient (Wildman–Crippen LogP) is 4.69. The Kier molecular flexibility index (Phi) is 9.24. The van der Waals surface area contributed by atoms with E-state index in [9.17, 15) is 57.0 Å². The van der Waals surface area contributed by atoms with Crippen LogP contribution in [0.5, 0.6) is 11.5 Å². The molecule has 24 heteroatoms. The van der Waals surface area contributed by atoms with Gasteiger partial charge in [-0.05, 0) is 35.0 Å². The summed E-state index contributed by atoms with van der Waals surface area (Å²) in [7, 11) is -19.6. The summed E-state index contributed by atoms with van der Waals surface area (Å²) in [4.78, 5) is -4.02. The quantitative estimate of drug-likeness (QED) is 0.0605. The standard InChI is InChI=1S/C27H22N6O14S4/c1-47-18-11-19(48(35,36)37)17(10-15(18)28)31-32-24-20(49(38,39)40)8-13-9-21(50(41,42)43)25(26(34)22(13)23(24)29)33-30-16-7-6-12-4-2-3-5-14(12)27(16)51(44,45)46/h2-11,34H,28-29H2,1H3,(H,35,36,37)(H,38,39,40)(H,41,42,43)(H,44,45,46). The smallest absolute Gasteiger partial charge is 0.297 e. The summed E-state index contributed by atoms with van der Waals surface area (Å²) in [5, 5.41) is 25.0. The number of phenols is 1. The van der Waals surface area contributed by atoms with Crippen LogP contribution < -0.4 is 16.2 Å². The number of aromatic hydroxyl groups is 1. The van der Waals surface area contributed by atoms with Crippen LogP contribution in [-0.4, -0.2) is 64.1 Å². The fourth-order valence-corrected chi connectivity index (χ4v) is 7.71. The zero-order chi connectivity index (χ0) is 37.8. The Morgan fingerprint density at radius 1 is 0.608 bits per heavy atom. The van der Waals surface area contributed by atoms with Crippen LogP contribution in [0.2, 0.25) is 0 Å². The zero-order valence-electron chi connectivity index (χ0n) is 25.3. The molecule has 0 aliphatic rings. The number of ether oxygens (including phenoxy) is 1. The highest BCUT2D eigenvalue weighted by Gasteiger charge is 2.29. The van der Waals surface area contributed by atoms with Crippen LogP contribution in [0.15, 0.2) is 101 Å². The van der Waals surface area contributed by atoms with E-state index in [0.717, 1.165) is 25.3 Å². The molecule has 0 aliphatic carbocycles. The van der Waals surface area contributed by atoms with E-state index in [-0.39, 0.29) is 16.8 Å². The van der Waals surface area contributed by atoms with E-state index >= 15 is 0 Å². The fraction of sp³-hybridized carbons (Fsp3) is 0.0370. The number of rotatable bonds is 9. The SMILES string of the molecule is COc1cc(S(=O)(=O)O)c(N=Nc2c(S(=O)(=O)O)cc3cc(S(=O)(=O)O)c(N=Nc4ccc5ccccc5c4S(=O)(=O)O)c(O)c3c2N)cc1N. The number of azo groups is 2. The van der Waals surface area contributed by atoms with Gasteiger partial charge in [0.05, 0.1) is 23.9 Å². The number of nitrogens with two attached hydrogens (primary N) is 2. The molecule has 0 unspecified atom stereocenters. The summed E-state index contributed by atoms with van der Waals surface area (Å²) < 4.78 is 143. The van der Waals surface area contributed by atoms with E-state index in [1.807, 2.05) is 0 Å². The van der Waals surface area contributed by atoms with E-state index in [4.69, 9.17) is 16.2 Å². The molecule has 0 radical (unpaired) electrons.